The van der Waals surface area contributed by atoms with Crippen LogP contribution in [0.3, 0.4) is 0 Å². The summed E-state index contributed by atoms with van der Waals surface area (Å²) in [6, 6.07) is 0. The van der Waals surface area contributed by atoms with E-state index in [2.05, 4.69) is 26.6 Å². The van der Waals surface area contributed by atoms with E-state index < -0.39 is 10.1 Å². The lowest BCUT2D eigenvalue weighted by atomic mass is 10.1. The second kappa shape index (κ2) is 7.02. The van der Waals surface area contributed by atoms with Crippen molar-refractivity contribution < 1.29 is 12.7 Å². The fourth-order valence-electron chi connectivity index (χ4n) is 1.98. The molecule has 0 spiro atoms. The van der Waals surface area contributed by atoms with Crippen LogP contribution in [0, 0.1) is 0 Å². The highest BCUT2D eigenvalue weighted by Gasteiger charge is 2.15. The van der Waals surface area contributed by atoms with Crippen LogP contribution in [-0.4, -0.2) is 25.4 Å². The van der Waals surface area contributed by atoms with Crippen LogP contribution in [0.25, 0.3) is 12.2 Å². The molecule has 0 radical (unpaired) electrons. The maximum absolute atomic E-state index is 11.2. The molecule has 0 bridgehead atoms. The molecule has 2 rings (SSSR count). The maximum atomic E-state index is 11.2. The number of allylic oxidation sites excluding steroid dienone is 4. The summed E-state index contributed by atoms with van der Waals surface area (Å²) in [4.78, 5) is 4.55. The van der Waals surface area contributed by atoms with E-state index >= 15 is 0 Å². The highest BCUT2D eigenvalue weighted by atomic mass is 32.2. The smallest absolute Gasteiger partial charge is 0.268 e. The molecule has 0 aliphatic heterocycles. The summed E-state index contributed by atoms with van der Waals surface area (Å²) in [5.74, 6) is 0. The molecule has 0 saturated carbocycles. The van der Waals surface area contributed by atoms with Crippen molar-refractivity contribution in [1.29, 1.82) is 0 Å². The normalized spacial score (nSPS) is 16.1. The standard InChI is InChI=1S/C15H18N2O3S2/c1-4-8-11(5-2)14(17-20-22(3,18)19)15-16-12-9-6-7-10-13(12)21-15/h4-5,8-10H,6-7H2,1-3H3/b8-4-,11-5+,17-14+. The summed E-state index contributed by atoms with van der Waals surface area (Å²) < 4.78 is 28.2. The van der Waals surface area contributed by atoms with Crippen molar-refractivity contribution in [3.63, 3.8) is 0 Å². The second-order valence-corrected chi connectivity index (χ2v) is 7.30. The first-order chi connectivity index (χ1) is 10.4. The third kappa shape index (κ3) is 4.14. The number of rotatable bonds is 5. The number of nitrogens with zero attached hydrogens (tertiary/aromatic N) is 2. The minimum atomic E-state index is -3.66. The van der Waals surface area contributed by atoms with Crippen LogP contribution in [0.15, 0.2) is 29.0 Å². The quantitative estimate of drug-likeness (QED) is 0.465. The van der Waals surface area contributed by atoms with Gasteiger partial charge in [-0.25, -0.2) is 4.98 Å². The van der Waals surface area contributed by atoms with Gasteiger partial charge in [-0.05, 0) is 26.7 Å². The molecule has 1 aliphatic carbocycles. The van der Waals surface area contributed by atoms with Crippen molar-refractivity contribution in [1.82, 2.24) is 4.98 Å². The van der Waals surface area contributed by atoms with Crippen molar-refractivity contribution >= 4 is 39.3 Å². The Hall–Kier alpha value is -1.73. The van der Waals surface area contributed by atoms with Gasteiger partial charge in [-0.3, -0.25) is 4.28 Å². The molecule has 7 heteroatoms. The van der Waals surface area contributed by atoms with E-state index in [1.807, 2.05) is 32.1 Å². The van der Waals surface area contributed by atoms with E-state index in [1.54, 1.807) is 0 Å². The van der Waals surface area contributed by atoms with Crippen LogP contribution in [0.4, 0.5) is 0 Å². The number of aromatic nitrogens is 1. The molecule has 118 valence electrons. The highest BCUT2D eigenvalue weighted by molar-refractivity contribution is 7.85. The average molecular weight is 338 g/mol. The van der Waals surface area contributed by atoms with Gasteiger partial charge in [-0.15, -0.1) is 11.3 Å². The first-order valence-electron chi connectivity index (χ1n) is 6.88. The number of fused-ring (bicyclic) bond motifs is 1. The monoisotopic (exact) mass is 338 g/mol. The van der Waals surface area contributed by atoms with Gasteiger partial charge in [-0.1, -0.05) is 35.5 Å². The fourth-order valence-corrected chi connectivity index (χ4v) is 3.23. The molecule has 0 fully saturated rings. The Kier molecular flexibility index (Phi) is 5.31. The molecule has 1 heterocycles. The molecule has 5 nitrogen and oxygen atoms in total. The van der Waals surface area contributed by atoms with Crippen molar-refractivity contribution in [3.05, 3.63) is 38.7 Å². The first-order valence-corrected chi connectivity index (χ1v) is 9.51. The van der Waals surface area contributed by atoms with Crippen molar-refractivity contribution in [3.8, 4) is 0 Å². The van der Waals surface area contributed by atoms with E-state index in [0.29, 0.717) is 10.7 Å². The minimum absolute atomic E-state index is 0.423. The third-order valence-electron chi connectivity index (χ3n) is 2.91. The molecular weight excluding hydrogens is 320 g/mol. The predicted molar refractivity (Wildman–Crippen MR) is 90.6 cm³/mol. The molecule has 1 aromatic heterocycles. The molecule has 1 aromatic rings. The Morgan fingerprint density at radius 2 is 2.09 bits per heavy atom. The fraction of sp³-hybridized carbons (Fsp3) is 0.333. The first kappa shape index (κ1) is 16.6. The van der Waals surface area contributed by atoms with Gasteiger partial charge in [0.1, 0.15) is 10.7 Å². The van der Waals surface area contributed by atoms with Gasteiger partial charge in [0, 0.05) is 5.57 Å². The largest absolute Gasteiger partial charge is 0.325 e. The van der Waals surface area contributed by atoms with Gasteiger partial charge in [0.15, 0.2) is 0 Å². The molecule has 0 saturated heterocycles. The van der Waals surface area contributed by atoms with Gasteiger partial charge in [0.2, 0.25) is 0 Å². The van der Waals surface area contributed by atoms with Gasteiger partial charge in [-0.2, -0.15) is 8.42 Å². The average Bonchev–Trinajstić information content (AvgIpc) is 2.88. The van der Waals surface area contributed by atoms with E-state index in [9.17, 15) is 8.42 Å². The van der Waals surface area contributed by atoms with E-state index in [1.165, 1.54) is 11.3 Å². The SMILES string of the molecule is C\C=C/C(=C\C)C(=N\OS(C)(=O)=O)/c1nc2c(s1)=CCCC=2. The molecule has 0 aromatic carbocycles. The lowest BCUT2D eigenvalue weighted by Crippen LogP contribution is -2.23. The number of thiazole rings is 1. The predicted octanol–water partition coefficient (Wildman–Crippen LogP) is 1.70. The van der Waals surface area contributed by atoms with Crippen LogP contribution < -0.4 is 9.88 Å². The number of hydrogen-bond donors (Lipinski definition) is 0. The lowest BCUT2D eigenvalue weighted by Gasteiger charge is -2.03. The number of hydrogen-bond acceptors (Lipinski definition) is 6. The summed E-state index contributed by atoms with van der Waals surface area (Å²) in [6.07, 6.45) is 12.7. The zero-order valence-corrected chi connectivity index (χ0v) is 14.4. The molecule has 1 aliphatic rings. The van der Waals surface area contributed by atoms with E-state index in [-0.39, 0.29) is 0 Å². The van der Waals surface area contributed by atoms with E-state index in [0.717, 1.165) is 34.6 Å². The second-order valence-electron chi connectivity index (χ2n) is 4.72. The van der Waals surface area contributed by atoms with Crippen LogP contribution in [-0.2, 0) is 14.4 Å². The topological polar surface area (TPSA) is 68.6 Å². The summed E-state index contributed by atoms with van der Waals surface area (Å²) in [5.41, 5.74) is 1.18. The van der Waals surface area contributed by atoms with Crippen molar-refractivity contribution in [2.45, 2.75) is 26.7 Å². The summed E-state index contributed by atoms with van der Waals surface area (Å²) >= 11 is 1.49. The van der Waals surface area contributed by atoms with Gasteiger partial charge >= 0.3 is 10.1 Å². The van der Waals surface area contributed by atoms with Crippen LogP contribution in [0.5, 0.6) is 0 Å². The molecular formula is C15H18N2O3S2. The number of oxime groups is 1. The Labute approximate surface area is 134 Å². The van der Waals surface area contributed by atoms with Crippen molar-refractivity contribution in [2.75, 3.05) is 6.26 Å². The Morgan fingerprint density at radius 1 is 1.36 bits per heavy atom. The van der Waals surface area contributed by atoms with Gasteiger partial charge in [0.25, 0.3) is 0 Å². The molecule has 0 unspecified atom stereocenters. The Morgan fingerprint density at radius 3 is 2.68 bits per heavy atom. The van der Waals surface area contributed by atoms with Crippen LogP contribution >= 0.6 is 11.3 Å². The summed E-state index contributed by atoms with van der Waals surface area (Å²) in [5, 5.41) is 5.40. The molecule has 0 amide bonds. The zero-order chi connectivity index (χ0) is 16.2. The van der Waals surface area contributed by atoms with Crippen LogP contribution in [0.2, 0.25) is 0 Å². The van der Waals surface area contributed by atoms with Crippen molar-refractivity contribution in [2.24, 2.45) is 5.16 Å². The van der Waals surface area contributed by atoms with E-state index in [4.69, 9.17) is 0 Å². The Bertz CT molecular complexity index is 826. The lowest BCUT2D eigenvalue weighted by molar-refractivity contribution is 0.343. The highest BCUT2D eigenvalue weighted by Crippen LogP contribution is 2.13. The van der Waals surface area contributed by atoms with Gasteiger partial charge < -0.3 is 0 Å². The summed E-state index contributed by atoms with van der Waals surface area (Å²) in [7, 11) is -3.66. The molecule has 0 atom stereocenters. The van der Waals surface area contributed by atoms with Crippen LogP contribution in [0.1, 0.15) is 31.7 Å². The molecule has 0 N–H and O–H groups in total. The molecule has 22 heavy (non-hydrogen) atoms. The third-order valence-corrected chi connectivity index (χ3v) is 4.33. The Balaban J connectivity index is 2.56. The minimum Gasteiger partial charge on any atom is -0.268 e. The van der Waals surface area contributed by atoms with Gasteiger partial charge in [0.05, 0.1) is 16.1 Å². The summed E-state index contributed by atoms with van der Waals surface area (Å²) in [6.45, 7) is 3.74. The maximum Gasteiger partial charge on any atom is 0.325 e. The zero-order valence-electron chi connectivity index (χ0n) is 12.7.